The predicted molar refractivity (Wildman–Crippen MR) is 127 cm³/mol. The van der Waals surface area contributed by atoms with Crippen LogP contribution in [-0.4, -0.2) is 41.9 Å². The van der Waals surface area contributed by atoms with Gasteiger partial charge in [-0.1, -0.05) is 62.4 Å². The first-order valence-electron chi connectivity index (χ1n) is 11.3. The van der Waals surface area contributed by atoms with E-state index in [1.807, 2.05) is 30.3 Å². The van der Waals surface area contributed by atoms with Crippen molar-refractivity contribution in [3.05, 3.63) is 93.6 Å². The van der Waals surface area contributed by atoms with E-state index in [2.05, 4.69) is 18.7 Å². The predicted octanol–water partition coefficient (Wildman–Crippen LogP) is 4.97. The van der Waals surface area contributed by atoms with Crippen molar-refractivity contribution in [3.63, 3.8) is 0 Å². The number of carbonyl (C=O) groups excluding carboxylic acids is 1. The summed E-state index contributed by atoms with van der Waals surface area (Å²) in [6.07, 6.45) is 0. The fourth-order valence-electron chi connectivity index (χ4n) is 4.79. The number of likely N-dealkylation sites (N-methyl/N-ethyl adjacent to an activating group) is 1. The zero-order valence-corrected chi connectivity index (χ0v) is 18.7. The number of hydrogen-bond donors (Lipinski definition) is 0. The van der Waals surface area contributed by atoms with E-state index in [1.165, 1.54) is 6.07 Å². The van der Waals surface area contributed by atoms with Crippen LogP contribution in [0.4, 0.5) is 4.39 Å². The van der Waals surface area contributed by atoms with Crippen LogP contribution in [0.3, 0.4) is 0 Å². The van der Waals surface area contributed by atoms with E-state index in [1.54, 1.807) is 29.2 Å². The zero-order valence-electron chi connectivity index (χ0n) is 18.7. The van der Waals surface area contributed by atoms with Gasteiger partial charge in [0.25, 0.3) is 5.91 Å². The van der Waals surface area contributed by atoms with Crippen LogP contribution in [0.25, 0.3) is 21.7 Å². The highest BCUT2D eigenvalue weighted by Crippen LogP contribution is 2.39. The maximum absolute atomic E-state index is 14.9. The molecule has 0 saturated carbocycles. The van der Waals surface area contributed by atoms with Gasteiger partial charge < -0.3 is 14.2 Å². The molecule has 0 aliphatic carbocycles. The molecular weight excluding hydrogens is 419 g/mol. The molecule has 1 aliphatic rings. The smallest absolute Gasteiger partial charge is 0.290 e. The number of carbonyl (C=O) groups is 1. The second-order valence-corrected chi connectivity index (χ2v) is 8.29. The first-order chi connectivity index (χ1) is 16.0. The number of amides is 1. The van der Waals surface area contributed by atoms with Gasteiger partial charge in [0.05, 0.1) is 17.0 Å². The van der Waals surface area contributed by atoms with Crippen molar-refractivity contribution in [2.45, 2.75) is 19.9 Å². The topological polar surface area (TPSA) is 53.8 Å². The van der Waals surface area contributed by atoms with E-state index < -0.39 is 11.9 Å². The average Bonchev–Trinajstić information content (AvgIpc) is 3.12. The number of hydrogen-bond acceptors (Lipinski definition) is 4. The number of halogens is 1. The first kappa shape index (κ1) is 21.3. The lowest BCUT2D eigenvalue weighted by atomic mass is 9.97. The minimum absolute atomic E-state index is 0.0108. The molecule has 2 heterocycles. The van der Waals surface area contributed by atoms with E-state index in [-0.39, 0.29) is 22.7 Å². The van der Waals surface area contributed by atoms with Crippen LogP contribution in [0, 0.1) is 5.82 Å². The Labute approximate surface area is 191 Å². The lowest BCUT2D eigenvalue weighted by Gasteiger charge is -2.28. The summed E-state index contributed by atoms with van der Waals surface area (Å²) in [4.78, 5) is 31.1. The molecule has 0 saturated heterocycles. The summed E-state index contributed by atoms with van der Waals surface area (Å²) in [6, 6.07) is 16.7. The van der Waals surface area contributed by atoms with Crippen molar-refractivity contribution in [3.8, 4) is 0 Å². The molecule has 0 radical (unpaired) electrons. The molecule has 6 heteroatoms. The van der Waals surface area contributed by atoms with Gasteiger partial charge in [-0.25, -0.2) is 4.39 Å². The molecule has 0 spiro atoms. The van der Waals surface area contributed by atoms with Gasteiger partial charge in [0.1, 0.15) is 11.4 Å². The maximum Gasteiger partial charge on any atom is 0.290 e. The minimum Gasteiger partial charge on any atom is -0.450 e. The van der Waals surface area contributed by atoms with Crippen LogP contribution in [-0.2, 0) is 0 Å². The Morgan fingerprint density at radius 3 is 2.42 bits per heavy atom. The first-order valence-corrected chi connectivity index (χ1v) is 11.3. The molecule has 33 heavy (non-hydrogen) atoms. The summed E-state index contributed by atoms with van der Waals surface area (Å²) in [5.41, 5.74) is 0.621. The summed E-state index contributed by atoms with van der Waals surface area (Å²) in [6.45, 7) is 6.77. The molecule has 4 aromatic rings. The Morgan fingerprint density at radius 1 is 0.939 bits per heavy atom. The van der Waals surface area contributed by atoms with Gasteiger partial charge in [-0.15, -0.1) is 0 Å². The van der Waals surface area contributed by atoms with E-state index in [0.717, 1.165) is 23.9 Å². The van der Waals surface area contributed by atoms with Crippen molar-refractivity contribution in [1.29, 1.82) is 0 Å². The van der Waals surface area contributed by atoms with Gasteiger partial charge in [-0.05, 0) is 30.6 Å². The van der Waals surface area contributed by atoms with Gasteiger partial charge in [0, 0.05) is 24.0 Å². The average molecular weight is 445 g/mol. The van der Waals surface area contributed by atoms with Crippen molar-refractivity contribution in [1.82, 2.24) is 9.80 Å². The molecule has 5 nitrogen and oxygen atoms in total. The highest BCUT2D eigenvalue weighted by molar-refractivity contribution is 6.06. The third kappa shape index (κ3) is 3.42. The molecule has 3 aromatic carbocycles. The highest BCUT2D eigenvalue weighted by Gasteiger charge is 2.43. The van der Waals surface area contributed by atoms with Gasteiger partial charge in [-0.2, -0.15) is 0 Å². The highest BCUT2D eigenvalue weighted by atomic mass is 19.1. The number of benzene rings is 3. The van der Waals surface area contributed by atoms with Gasteiger partial charge in [0.2, 0.25) is 5.76 Å². The van der Waals surface area contributed by atoms with E-state index in [4.69, 9.17) is 4.42 Å². The number of fused-ring (bicyclic) bond motifs is 4. The van der Waals surface area contributed by atoms with E-state index >= 15 is 0 Å². The summed E-state index contributed by atoms with van der Waals surface area (Å²) in [5.74, 6) is -0.817. The zero-order chi connectivity index (χ0) is 23.1. The normalized spacial score (nSPS) is 15.7. The quantitative estimate of drug-likeness (QED) is 0.394. The van der Waals surface area contributed by atoms with Crippen molar-refractivity contribution >= 4 is 27.6 Å². The Hall–Kier alpha value is -3.51. The molecule has 0 bridgehead atoms. The fraction of sp³-hybridized carbons (Fsp3) is 0.259. The molecule has 168 valence electrons. The Balaban J connectivity index is 1.74. The molecule has 0 N–H and O–H groups in total. The largest absolute Gasteiger partial charge is 0.450 e. The standard InChI is InChI=1S/C27H25FN2O3/c1-3-29(4-2)15-16-30-23(19-11-7-8-12-21(19)28)22-24(31)20-14-13-17-9-5-6-10-18(17)25(20)33-26(22)27(30)32/h5-14,23H,3-4,15-16H2,1-2H3. The molecule has 0 fully saturated rings. The van der Waals surface area contributed by atoms with E-state index in [9.17, 15) is 14.0 Å². The van der Waals surface area contributed by atoms with Crippen LogP contribution in [0.2, 0.25) is 0 Å². The lowest BCUT2D eigenvalue weighted by molar-refractivity contribution is 0.0706. The van der Waals surface area contributed by atoms with Crippen LogP contribution >= 0.6 is 0 Å². The summed E-state index contributed by atoms with van der Waals surface area (Å²) in [5, 5.41) is 2.08. The van der Waals surface area contributed by atoms with Crippen LogP contribution in [0.1, 0.15) is 41.6 Å². The molecule has 1 aromatic heterocycles. The molecule has 1 amide bonds. The third-order valence-electron chi connectivity index (χ3n) is 6.61. The second kappa shape index (κ2) is 8.45. The van der Waals surface area contributed by atoms with E-state index in [0.29, 0.717) is 29.6 Å². The summed E-state index contributed by atoms with van der Waals surface area (Å²) in [7, 11) is 0. The molecule has 1 unspecified atom stereocenters. The van der Waals surface area contributed by atoms with Crippen molar-refractivity contribution < 1.29 is 13.6 Å². The number of rotatable bonds is 6. The van der Waals surface area contributed by atoms with Crippen LogP contribution in [0.15, 0.2) is 69.9 Å². The Bertz CT molecular complexity index is 1420. The van der Waals surface area contributed by atoms with Crippen LogP contribution in [0.5, 0.6) is 0 Å². The van der Waals surface area contributed by atoms with Crippen LogP contribution < -0.4 is 5.43 Å². The molecular formula is C27H25FN2O3. The van der Waals surface area contributed by atoms with Gasteiger partial charge in [-0.3, -0.25) is 9.59 Å². The van der Waals surface area contributed by atoms with Gasteiger partial charge >= 0.3 is 0 Å². The van der Waals surface area contributed by atoms with Crippen molar-refractivity contribution in [2.24, 2.45) is 0 Å². The number of nitrogens with zero attached hydrogens (tertiary/aromatic N) is 2. The molecule has 5 rings (SSSR count). The van der Waals surface area contributed by atoms with Gasteiger partial charge in [0.15, 0.2) is 5.43 Å². The maximum atomic E-state index is 14.9. The summed E-state index contributed by atoms with van der Waals surface area (Å²) < 4.78 is 21.1. The van der Waals surface area contributed by atoms with Crippen molar-refractivity contribution in [2.75, 3.05) is 26.2 Å². The lowest BCUT2D eigenvalue weighted by Crippen LogP contribution is -2.38. The monoisotopic (exact) mass is 444 g/mol. The Morgan fingerprint density at radius 2 is 1.67 bits per heavy atom. The SMILES string of the molecule is CCN(CC)CCN1C(=O)c2oc3c(ccc4ccccc43)c(=O)c2C1c1ccccc1F. The fourth-order valence-corrected chi connectivity index (χ4v) is 4.79. The molecule has 1 aliphatic heterocycles. The summed E-state index contributed by atoms with van der Waals surface area (Å²) >= 11 is 0. The molecule has 1 atom stereocenters. The third-order valence-corrected chi connectivity index (χ3v) is 6.61. The minimum atomic E-state index is -0.823. The Kier molecular flexibility index (Phi) is 5.46. The second-order valence-electron chi connectivity index (χ2n) is 8.29.